The van der Waals surface area contributed by atoms with E-state index in [1.54, 1.807) is 6.07 Å². The first-order chi connectivity index (χ1) is 7.70. The highest BCUT2D eigenvalue weighted by Gasteiger charge is 2.01. The van der Waals surface area contributed by atoms with Crippen molar-refractivity contribution < 1.29 is 4.79 Å². The molecule has 0 radical (unpaired) electrons. The second-order valence-electron chi connectivity index (χ2n) is 3.71. The largest absolute Gasteiger partial charge is 0.298 e. The van der Waals surface area contributed by atoms with Crippen molar-refractivity contribution in [1.29, 1.82) is 0 Å². The molecule has 16 heavy (non-hydrogen) atoms. The van der Waals surface area contributed by atoms with Gasteiger partial charge in [0.05, 0.1) is 0 Å². The Balaban J connectivity index is 2.49. The monoisotopic (exact) mass is 274 g/mol. The van der Waals surface area contributed by atoms with Gasteiger partial charge in [0.2, 0.25) is 0 Å². The van der Waals surface area contributed by atoms with Crippen LogP contribution in [0.2, 0.25) is 0 Å². The van der Waals surface area contributed by atoms with Crippen molar-refractivity contribution in [2.24, 2.45) is 0 Å². The van der Waals surface area contributed by atoms with Gasteiger partial charge in [-0.3, -0.25) is 4.79 Å². The summed E-state index contributed by atoms with van der Waals surface area (Å²) in [6, 6.07) is 13.8. The van der Waals surface area contributed by atoms with Crippen LogP contribution >= 0.6 is 15.9 Å². The number of aryl methyl sites for hydroxylation is 1. The molecular weight excluding hydrogens is 264 g/mol. The van der Waals surface area contributed by atoms with Crippen LogP contribution in [-0.2, 0) is 0 Å². The lowest BCUT2D eigenvalue weighted by Gasteiger charge is -2.05. The molecule has 2 aromatic carbocycles. The zero-order valence-corrected chi connectivity index (χ0v) is 10.5. The molecule has 0 aliphatic heterocycles. The summed E-state index contributed by atoms with van der Waals surface area (Å²) in [5, 5.41) is 0. The van der Waals surface area contributed by atoms with Gasteiger partial charge in [0.25, 0.3) is 0 Å². The summed E-state index contributed by atoms with van der Waals surface area (Å²) in [5.74, 6) is 0. The van der Waals surface area contributed by atoms with Gasteiger partial charge in [-0.25, -0.2) is 0 Å². The fourth-order valence-corrected chi connectivity index (χ4v) is 1.94. The molecule has 0 amide bonds. The minimum absolute atomic E-state index is 0.703. The van der Waals surface area contributed by atoms with Crippen molar-refractivity contribution in [3.05, 3.63) is 58.1 Å². The van der Waals surface area contributed by atoms with Crippen LogP contribution in [0.15, 0.2) is 46.9 Å². The number of carbonyl (C=O) groups excluding carboxylic acids is 1. The van der Waals surface area contributed by atoms with E-state index in [-0.39, 0.29) is 0 Å². The zero-order valence-electron chi connectivity index (χ0n) is 8.91. The lowest BCUT2D eigenvalue weighted by molar-refractivity contribution is 0.112. The van der Waals surface area contributed by atoms with Crippen molar-refractivity contribution in [2.75, 3.05) is 0 Å². The highest BCUT2D eigenvalue weighted by molar-refractivity contribution is 9.10. The molecule has 0 saturated carbocycles. The first kappa shape index (κ1) is 11.1. The molecule has 0 saturated heterocycles. The van der Waals surface area contributed by atoms with Crippen LogP contribution in [0.4, 0.5) is 0 Å². The Morgan fingerprint density at radius 2 is 1.81 bits per heavy atom. The third-order valence-corrected chi connectivity index (χ3v) is 3.38. The van der Waals surface area contributed by atoms with E-state index in [4.69, 9.17) is 0 Å². The molecule has 0 N–H and O–H groups in total. The quantitative estimate of drug-likeness (QED) is 0.749. The Morgan fingerprint density at radius 1 is 1.06 bits per heavy atom. The second kappa shape index (κ2) is 4.62. The summed E-state index contributed by atoms with van der Waals surface area (Å²) >= 11 is 3.51. The van der Waals surface area contributed by atoms with Crippen LogP contribution in [0.3, 0.4) is 0 Å². The fraction of sp³-hybridized carbons (Fsp3) is 0.0714. The Kier molecular flexibility index (Phi) is 3.20. The van der Waals surface area contributed by atoms with Gasteiger partial charge in [0.1, 0.15) is 6.29 Å². The maximum Gasteiger partial charge on any atom is 0.150 e. The normalized spacial score (nSPS) is 10.1. The van der Waals surface area contributed by atoms with E-state index < -0.39 is 0 Å². The van der Waals surface area contributed by atoms with E-state index in [0.717, 1.165) is 21.9 Å². The van der Waals surface area contributed by atoms with Crippen LogP contribution in [0, 0.1) is 6.92 Å². The molecule has 0 unspecified atom stereocenters. The van der Waals surface area contributed by atoms with Crippen LogP contribution in [0.1, 0.15) is 15.9 Å². The molecule has 0 aliphatic carbocycles. The van der Waals surface area contributed by atoms with E-state index in [0.29, 0.717) is 5.56 Å². The number of hydrogen-bond acceptors (Lipinski definition) is 1. The Morgan fingerprint density at radius 3 is 2.50 bits per heavy atom. The third kappa shape index (κ3) is 2.22. The van der Waals surface area contributed by atoms with Crippen molar-refractivity contribution in [2.45, 2.75) is 6.92 Å². The maximum absolute atomic E-state index is 10.7. The maximum atomic E-state index is 10.7. The molecule has 0 aromatic heterocycles. The van der Waals surface area contributed by atoms with Gasteiger partial charge in [-0.05, 0) is 35.7 Å². The standard InChI is InChI=1S/C14H11BrO/c1-10-5-6-13(8-14(10)15)12-4-2-3-11(7-12)9-16/h2-9H,1H3. The van der Waals surface area contributed by atoms with E-state index in [9.17, 15) is 4.79 Å². The Labute approximate surface area is 103 Å². The lowest BCUT2D eigenvalue weighted by Crippen LogP contribution is -1.83. The van der Waals surface area contributed by atoms with Crippen molar-refractivity contribution in [3.8, 4) is 11.1 Å². The predicted octanol–water partition coefficient (Wildman–Crippen LogP) is 4.24. The van der Waals surface area contributed by atoms with Gasteiger partial charge < -0.3 is 0 Å². The second-order valence-corrected chi connectivity index (χ2v) is 4.56. The third-order valence-electron chi connectivity index (χ3n) is 2.53. The van der Waals surface area contributed by atoms with E-state index in [1.807, 2.05) is 18.2 Å². The summed E-state index contributed by atoms with van der Waals surface area (Å²) < 4.78 is 1.08. The van der Waals surface area contributed by atoms with Crippen molar-refractivity contribution in [1.82, 2.24) is 0 Å². The Bertz CT molecular complexity index is 532. The van der Waals surface area contributed by atoms with Gasteiger partial charge in [0.15, 0.2) is 0 Å². The van der Waals surface area contributed by atoms with Gasteiger partial charge in [-0.1, -0.05) is 46.3 Å². The van der Waals surface area contributed by atoms with Crippen LogP contribution in [0.5, 0.6) is 0 Å². The van der Waals surface area contributed by atoms with Gasteiger partial charge in [-0.15, -0.1) is 0 Å². The molecule has 0 fully saturated rings. The molecule has 0 aliphatic rings. The first-order valence-electron chi connectivity index (χ1n) is 5.02. The summed E-state index contributed by atoms with van der Waals surface area (Å²) in [7, 11) is 0. The molecule has 80 valence electrons. The number of hydrogen-bond donors (Lipinski definition) is 0. The van der Waals surface area contributed by atoms with Crippen LogP contribution in [0.25, 0.3) is 11.1 Å². The fourth-order valence-electron chi connectivity index (χ4n) is 1.56. The van der Waals surface area contributed by atoms with Gasteiger partial charge >= 0.3 is 0 Å². The number of carbonyl (C=O) groups is 1. The summed E-state index contributed by atoms with van der Waals surface area (Å²) in [6.45, 7) is 2.05. The van der Waals surface area contributed by atoms with Crippen molar-refractivity contribution in [3.63, 3.8) is 0 Å². The molecule has 2 aromatic rings. The minimum atomic E-state index is 0.703. The molecule has 1 nitrogen and oxygen atoms in total. The predicted molar refractivity (Wildman–Crippen MR) is 69.7 cm³/mol. The number of benzene rings is 2. The molecule has 0 bridgehead atoms. The molecule has 0 atom stereocenters. The van der Waals surface area contributed by atoms with E-state index >= 15 is 0 Å². The Hall–Kier alpha value is -1.41. The summed E-state index contributed by atoms with van der Waals surface area (Å²) in [6.07, 6.45) is 0.868. The zero-order chi connectivity index (χ0) is 11.5. The van der Waals surface area contributed by atoms with Crippen molar-refractivity contribution >= 4 is 22.2 Å². The van der Waals surface area contributed by atoms with E-state index in [2.05, 4.69) is 41.1 Å². The lowest BCUT2D eigenvalue weighted by atomic mass is 10.0. The average molecular weight is 275 g/mol. The summed E-state index contributed by atoms with van der Waals surface area (Å²) in [5.41, 5.74) is 4.08. The minimum Gasteiger partial charge on any atom is -0.298 e. The molecule has 0 heterocycles. The SMILES string of the molecule is Cc1ccc(-c2cccc(C=O)c2)cc1Br. The smallest absolute Gasteiger partial charge is 0.150 e. The summed E-state index contributed by atoms with van der Waals surface area (Å²) in [4.78, 5) is 10.7. The number of rotatable bonds is 2. The number of aldehydes is 1. The highest BCUT2D eigenvalue weighted by Crippen LogP contribution is 2.25. The first-order valence-corrected chi connectivity index (χ1v) is 5.82. The van der Waals surface area contributed by atoms with Gasteiger partial charge in [0, 0.05) is 10.0 Å². The topological polar surface area (TPSA) is 17.1 Å². The van der Waals surface area contributed by atoms with E-state index in [1.165, 1.54) is 5.56 Å². The molecule has 2 heteroatoms. The van der Waals surface area contributed by atoms with Gasteiger partial charge in [-0.2, -0.15) is 0 Å². The molecular formula is C14H11BrO. The highest BCUT2D eigenvalue weighted by atomic mass is 79.9. The van der Waals surface area contributed by atoms with Crippen LogP contribution < -0.4 is 0 Å². The number of halogens is 1. The molecule has 2 rings (SSSR count). The molecule has 0 spiro atoms. The van der Waals surface area contributed by atoms with Crippen LogP contribution in [-0.4, -0.2) is 6.29 Å². The average Bonchev–Trinajstić information content (AvgIpc) is 2.33.